The third-order valence-electron chi connectivity index (χ3n) is 0.516. The van der Waals surface area contributed by atoms with Crippen molar-refractivity contribution in [2.75, 3.05) is 7.11 Å². The maximum absolute atomic E-state index is 9.96. The van der Waals surface area contributed by atoms with Crippen molar-refractivity contribution in [2.24, 2.45) is 0 Å². The average Bonchev–Trinajstić information content (AvgIpc) is 1.65. The molecular weight excluding hydrogens is 116 g/mol. The second-order valence-electron chi connectivity index (χ2n) is 0.930. The second kappa shape index (κ2) is 15.6. The Kier molecular flexibility index (Phi) is 41.1. The number of rotatable bonds is 1. The zero-order chi connectivity index (χ0) is 4.99. The minimum Gasteiger partial charge on any atom is -0.469 e. The Hall–Kier alpha value is -0.530. The first-order valence-electron chi connectivity index (χ1n) is 1.88. The maximum Gasteiger partial charge on any atom is 0.305 e. The van der Waals surface area contributed by atoms with Gasteiger partial charge in [-0.05, 0) is 0 Å². The SMILES string of the molecule is C.C.C.CCC(=O)OC. The van der Waals surface area contributed by atoms with Crippen molar-refractivity contribution in [1.82, 2.24) is 0 Å². The van der Waals surface area contributed by atoms with Gasteiger partial charge in [0, 0.05) is 6.42 Å². The topological polar surface area (TPSA) is 26.3 Å². The van der Waals surface area contributed by atoms with E-state index in [0.717, 1.165) is 0 Å². The molecule has 0 aliphatic rings. The number of methoxy groups -OCH3 is 1. The van der Waals surface area contributed by atoms with Crippen LogP contribution in [0.4, 0.5) is 0 Å². The lowest BCUT2D eigenvalue weighted by Crippen LogP contribution is -1.94. The quantitative estimate of drug-likeness (QED) is 0.518. The van der Waals surface area contributed by atoms with Crippen molar-refractivity contribution >= 4 is 5.97 Å². The van der Waals surface area contributed by atoms with Crippen LogP contribution in [0, 0.1) is 0 Å². The molecule has 0 aliphatic carbocycles. The highest BCUT2D eigenvalue weighted by Gasteiger charge is 1.87. The van der Waals surface area contributed by atoms with Gasteiger partial charge in [0.2, 0.25) is 0 Å². The highest BCUT2D eigenvalue weighted by molar-refractivity contribution is 5.68. The molecule has 0 atom stereocenters. The molecule has 0 radical (unpaired) electrons. The zero-order valence-electron chi connectivity index (χ0n) is 4.02. The molecule has 0 aromatic heterocycles. The molecule has 0 unspecified atom stereocenters. The highest BCUT2D eigenvalue weighted by Crippen LogP contribution is 1.76. The number of hydrogen-bond acceptors (Lipinski definition) is 2. The maximum atomic E-state index is 9.96. The number of hydrogen-bond donors (Lipinski definition) is 0. The molecule has 0 saturated carbocycles. The summed E-state index contributed by atoms with van der Waals surface area (Å²) in [6.45, 7) is 1.76. The minimum absolute atomic E-state index is 0. The van der Waals surface area contributed by atoms with Gasteiger partial charge in [-0.1, -0.05) is 29.2 Å². The van der Waals surface area contributed by atoms with Crippen LogP contribution in [-0.2, 0) is 9.53 Å². The monoisotopic (exact) mass is 136 g/mol. The lowest BCUT2D eigenvalue weighted by molar-refractivity contribution is -0.140. The van der Waals surface area contributed by atoms with Gasteiger partial charge in [-0.3, -0.25) is 4.79 Å². The summed E-state index contributed by atoms with van der Waals surface area (Å²) in [4.78, 5) is 9.96. The molecule has 0 aromatic rings. The largest absolute Gasteiger partial charge is 0.469 e. The fourth-order valence-electron chi connectivity index (χ4n) is 0.144. The Morgan fingerprint density at radius 3 is 1.67 bits per heavy atom. The summed E-state index contributed by atoms with van der Waals surface area (Å²) in [6.07, 6.45) is 0.469. The van der Waals surface area contributed by atoms with Gasteiger partial charge >= 0.3 is 5.97 Å². The Labute approximate surface area is 59.2 Å². The average molecular weight is 136 g/mol. The summed E-state index contributed by atoms with van der Waals surface area (Å²) < 4.78 is 4.26. The molecule has 0 spiro atoms. The molecule has 0 amide bonds. The Morgan fingerprint density at radius 2 is 1.67 bits per heavy atom. The van der Waals surface area contributed by atoms with E-state index in [4.69, 9.17) is 0 Å². The van der Waals surface area contributed by atoms with Gasteiger partial charge in [0.25, 0.3) is 0 Å². The Balaban J connectivity index is -0.0000000417. The fraction of sp³-hybridized carbons (Fsp3) is 0.857. The van der Waals surface area contributed by atoms with Crippen LogP contribution in [0.1, 0.15) is 35.6 Å². The van der Waals surface area contributed by atoms with Crippen LogP contribution < -0.4 is 0 Å². The van der Waals surface area contributed by atoms with E-state index in [1.54, 1.807) is 6.92 Å². The summed E-state index contributed by atoms with van der Waals surface area (Å²) in [5.74, 6) is -0.157. The van der Waals surface area contributed by atoms with Crippen molar-refractivity contribution in [3.8, 4) is 0 Å². The molecule has 60 valence electrons. The zero-order valence-corrected chi connectivity index (χ0v) is 4.02. The van der Waals surface area contributed by atoms with E-state index in [-0.39, 0.29) is 28.2 Å². The lowest BCUT2D eigenvalue weighted by atomic mass is 10.5. The molecule has 0 fully saturated rings. The molecule has 0 N–H and O–H groups in total. The molecule has 0 bridgehead atoms. The van der Waals surface area contributed by atoms with Gasteiger partial charge in [0.1, 0.15) is 0 Å². The predicted octanol–water partition coefficient (Wildman–Crippen LogP) is 2.48. The molecule has 2 heteroatoms. The normalized spacial score (nSPS) is 5.11. The van der Waals surface area contributed by atoms with Crippen LogP contribution >= 0.6 is 0 Å². The molecule has 0 heterocycles. The molecule has 0 saturated heterocycles. The minimum atomic E-state index is -0.157. The van der Waals surface area contributed by atoms with E-state index >= 15 is 0 Å². The van der Waals surface area contributed by atoms with E-state index < -0.39 is 0 Å². The number of ether oxygens (including phenoxy) is 1. The molecular formula is C7H20O2. The smallest absolute Gasteiger partial charge is 0.305 e. The van der Waals surface area contributed by atoms with E-state index in [9.17, 15) is 4.79 Å². The van der Waals surface area contributed by atoms with Crippen LogP contribution in [-0.4, -0.2) is 13.1 Å². The lowest BCUT2D eigenvalue weighted by Gasteiger charge is -1.87. The van der Waals surface area contributed by atoms with E-state index in [1.165, 1.54) is 7.11 Å². The number of carbonyl (C=O) groups is 1. The van der Waals surface area contributed by atoms with Crippen LogP contribution in [0.15, 0.2) is 0 Å². The number of carbonyl (C=O) groups excluding carboxylic acids is 1. The highest BCUT2D eigenvalue weighted by atomic mass is 16.5. The van der Waals surface area contributed by atoms with Gasteiger partial charge < -0.3 is 4.74 Å². The first-order valence-corrected chi connectivity index (χ1v) is 1.88. The van der Waals surface area contributed by atoms with Crippen LogP contribution in [0.25, 0.3) is 0 Å². The molecule has 2 nitrogen and oxygen atoms in total. The molecule has 0 rings (SSSR count). The van der Waals surface area contributed by atoms with Crippen molar-refractivity contribution in [3.63, 3.8) is 0 Å². The van der Waals surface area contributed by atoms with Crippen molar-refractivity contribution in [3.05, 3.63) is 0 Å². The first kappa shape index (κ1) is 23.7. The van der Waals surface area contributed by atoms with Gasteiger partial charge in [0.15, 0.2) is 0 Å². The third kappa shape index (κ3) is 18.6. The van der Waals surface area contributed by atoms with E-state index in [2.05, 4.69) is 4.74 Å². The number of esters is 1. The second-order valence-corrected chi connectivity index (χ2v) is 0.930. The summed E-state index contributed by atoms with van der Waals surface area (Å²) in [7, 11) is 1.38. The van der Waals surface area contributed by atoms with Crippen molar-refractivity contribution < 1.29 is 9.53 Å². The van der Waals surface area contributed by atoms with Crippen molar-refractivity contribution in [2.45, 2.75) is 35.6 Å². The van der Waals surface area contributed by atoms with Gasteiger partial charge in [-0.25, -0.2) is 0 Å². The van der Waals surface area contributed by atoms with Crippen LogP contribution in [0.3, 0.4) is 0 Å². The third-order valence-corrected chi connectivity index (χ3v) is 0.516. The van der Waals surface area contributed by atoms with Crippen molar-refractivity contribution in [1.29, 1.82) is 0 Å². The first-order chi connectivity index (χ1) is 2.81. The van der Waals surface area contributed by atoms with Gasteiger partial charge in [0.05, 0.1) is 7.11 Å². The summed E-state index contributed by atoms with van der Waals surface area (Å²) >= 11 is 0. The Bertz CT molecular complexity index is 44.9. The van der Waals surface area contributed by atoms with E-state index in [1.807, 2.05) is 0 Å². The van der Waals surface area contributed by atoms with Crippen LogP contribution in [0.5, 0.6) is 0 Å². The fourth-order valence-corrected chi connectivity index (χ4v) is 0.144. The molecule has 0 aromatic carbocycles. The standard InChI is InChI=1S/C4H8O2.3CH4/c1-3-4(5)6-2;;;/h3H2,1-2H3;3*1H4. The molecule has 9 heavy (non-hydrogen) atoms. The summed E-state index contributed by atoms with van der Waals surface area (Å²) in [5.41, 5.74) is 0. The summed E-state index contributed by atoms with van der Waals surface area (Å²) in [6, 6.07) is 0. The Morgan fingerprint density at radius 1 is 1.33 bits per heavy atom. The predicted molar refractivity (Wildman–Crippen MR) is 42.5 cm³/mol. The van der Waals surface area contributed by atoms with E-state index in [0.29, 0.717) is 6.42 Å². The van der Waals surface area contributed by atoms with Gasteiger partial charge in [-0.15, -0.1) is 0 Å². The van der Waals surface area contributed by atoms with Gasteiger partial charge in [-0.2, -0.15) is 0 Å². The molecule has 0 aliphatic heterocycles. The summed E-state index contributed by atoms with van der Waals surface area (Å²) in [5, 5.41) is 0. The van der Waals surface area contributed by atoms with Crippen LogP contribution in [0.2, 0.25) is 0 Å².